The van der Waals surface area contributed by atoms with Gasteiger partial charge in [0.05, 0.1) is 5.69 Å². The fraction of sp³-hybridized carbons (Fsp3) is 0.0833. The van der Waals surface area contributed by atoms with Crippen LogP contribution in [0.3, 0.4) is 0 Å². The van der Waals surface area contributed by atoms with Gasteiger partial charge in [0.1, 0.15) is 21.4 Å². The molecule has 0 unspecified atom stereocenters. The zero-order valence-electron chi connectivity index (χ0n) is 10.6. The van der Waals surface area contributed by atoms with Crippen molar-refractivity contribution in [3.63, 3.8) is 0 Å². The lowest BCUT2D eigenvalue weighted by Crippen LogP contribution is -2.13. The van der Waals surface area contributed by atoms with Crippen molar-refractivity contribution in [1.82, 2.24) is 0 Å². The van der Waals surface area contributed by atoms with Crippen LogP contribution in [0.25, 0.3) is 0 Å². The molecule has 112 valence electrons. The summed E-state index contributed by atoms with van der Waals surface area (Å²) in [6, 6.07) is 3.25. The molecule has 0 atom stereocenters. The van der Waals surface area contributed by atoms with E-state index in [0.29, 0.717) is 6.07 Å². The van der Waals surface area contributed by atoms with E-state index in [1.54, 1.807) is 0 Å². The normalized spacial score (nSPS) is 11.4. The van der Waals surface area contributed by atoms with Gasteiger partial charge >= 0.3 is 5.97 Å². The first kappa shape index (κ1) is 15.4. The number of carbonyl (C=O) groups is 1. The summed E-state index contributed by atoms with van der Waals surface area (Å²) in [6.07, 6.45) is 0. The van der Waals surface area contributed by atoms with E-state index in [2.05, 4.69) is 0 Å². The maximum absolute atomic E-state index is 13.0. The number of carboxylic acid groups (broad SMARTS) is 1. The van der Waals surface area contributed by atoms with Crippen LogP contribution in [0.15, 0.2) is 29.2 Å². The highest BCUT2D eigenvalue weighted by Crippen LogP contribution is 2.27. The van der Waals surface area contributed by atoms with Gasteiger partial charge in [-0.05, 0) is 25.1 Å². The Morgan fingerprint density at radius 2 is 1.76 bits per heavy atom. The predicted octanol–water partition coefficient (Wildman–Crippen LogP) is 2.83. The van der Waals surface area contributed by atoms with E-state index in [1.807, 2.05) is 4.72 Å². The number of halogens is 2. The second-order valence-electron chi connectivity index (χ2n) is 4.10. The van der Waals surface area contributed by atoms with Crippen LogP contribution in [0.1, 0.15) is 14.5 Å². The first-order valence-electron chi connectivity index (χ1n) is 5.51. The Labute approximate surface area is 122 Å². The molecule has 0 aliphatic heterocycles. The SMILES string of the molecule is Cc1sc(C(=O)O)cc1S(=O)(=O)Nc1cc(F)cc(F)c1. The lowest BCUT2D eigenvalue weighted by molar-refractivity contribution is 0.0702. The Hall–Kier alpha value is -2.00. The van der Waals surface area contributed by atoms with Crippen LogP contribution in [0.4, 0.5) is 14.5 Å². The largest absolute Gasteiger partial charge is 0.477 e. The van der Waals surface area contributed by atoms with Crippen molar-refractivity contribution in [3.8, 4) is 0 Å². The standard InChI is InChI=1S/C12H9F2NO4S2/c1-6-11(5-10(20-6)12(16)17)21(18,19)15-9-3-7(13)2-8(14)4-9/h2-5,15H,1H3,(H,16,17). The van der Waals surface area contributed by atoms with Gasteiger partial charge in [0.2, 0.25) is 0 Å². The van der Waals surface area contributed by atoms with Crippen LogP contribution in [-0.4, -0.2) is 19.5 Å². The summed E-state index contributed by atoms with van der Waals surface area (Å²) in [6.45, 7) is 1.44. The van der Waals surface area contributed by atoms with E-state index in [1.165, 1.54) is 6.92 Å². The molecule has 1 heterocycles. The summed E-state index contributed by atoms with van der Waals surface area (Å²) >= 11 is 0.799. The highest BCUT2D eigenvalue weighted by molar-refractivity contribution is 7.93. The Bertz CT molecular complexity index is 794. The molecule has 0 spiro atoms. The molecule has 21 heavy (non-hydrogen) atoms. The van der Waals surface area contributed by atoms with Gasteiger partial charge in [-0.1, -0.05) is 0 Å². The number of carboxylic acids is 1. The van der Waals surface area contributed by atoms with E-state index >= 15 is 0 Å². The summed E-state index contributed by atoms with van der Waals surface area (Å²) in [5.74, 6) is -3.11. The Morgan fingerprint density at radius 3 is 2.24 bits per heavy atom. The summed E-state index contributed by atoms with van der Waals surface area (Å²) in [7, 11) is -4.13. The van der Waals surface area contributed by atoms with Crippen LogP contribution in [-0.2, 0) is 10.0 Å². The third kappa shape index (κ3) is 3.37. The van der Waals surface area contributed by atoms with Crippen molar-refractivity contribution in [2.45, 2.75) is 11.8 Å². The molecule has 0 saturated heterocycles. The molecule has 0 radical (unpaired) electrons. The van der Waals surface area contributed by atoms with Gasteiger partial charge in [0.15, 0.2) is 0 Å². The van der Waals surface area contributed by atoms with Crippen molar-refractivity contribution >= 4 is 33.0 Å². The Kier molecular flexibility index (Phi) is 3.97. The summed E-state index contributed by atoms with van der Waals surface area (Å²) in [5.41, 5.74) is -0.282. The van der Waals surface area contributed by atoms with Gasteiger partial charge in [-0.15, -0.1) is 11.3 Å². The maximum atomic E-state index is 13.0. The van der Waals surface area contributed by atoms with Crippen molar-refractivity contribution in [3.05, 3.63) is 45.7 Å². The quantitative estimate of drug-likeness (QED) is 0.901. The molecular formula is C12H9F2NO4S2. The summed E-state index contributed by atoms with van der Waals surface area (Å²) in [5, 5.41) is 8.85. The number of anilines is 1. The lowest BCUT2D eigenvalue weighted by atomic mass is 10.3. The maximum Gasteiger partial charge on any atom is 0.345 e. The number of nitrogens with one attached hydrogen (secondary N) is 1. The minimum absolute atomic E-state index is 0.140. The van der Waals surface area contributed by atoms with Gasteiger partial charge in [-0.2, -0.15) is 0 Å². The Balaban J connectivity index is 2.40. The van der Waals surface area contributed by atoms with E-state index < -0.39 is 27.6 Å². The molecule has 0 amide bonds. The number of sulfonamides is 1. The van der Waals surface area contributed by atoms with Gasteiger partial charge in [0, 0.05) is 10.9 Å². The molecule has 9 heteroatoms. The number of aromatic carboxylic acids is 1. The monoisotopic (exact) mass is 333 g/mol. The molecule has 0 fully saturated rings. The zero-order valence-corrected chi connectivity index (χ0v) is 12.2. The molecule has 0 bridgehead atoms. The molecule has 1 aromatic carbocycles. The zero-order chi connectivity index (χ0) is 15.8. The molecule has 0 saturated carbocycles. The number of hydrogen-bond donors (Lipinski definition) is 2. The fourth-order valence-electron chi connectivity index (χ4n) is 1.66. The molecule has 5 nitrogen and oxygen atoms in total. The number of hydrogen-bond acceptors (Lipinski definition) is 4. The first-order chi connectivity index (χ1) is 9.69. The van der Waals surface area contributed by atoms with Gasteiger partial charge in [-0.3, -0.25) is 4.72 Å². The van der Waals surface area contributed by atoms with E-state index in [9.17, 15) is 22.0 Å². The highest BCUT2D eigenvalue weighted by Gasteiger charge is 2.22. The summed E-state index contributed by atoms with van der Waals surface area (Å²) in [4.78, 5) is 10.7. The summed E-state index contributed by atoms with van der Waals surface area (Å²) < 4.78 is 52.4. The molecule has 2 rings (SSSR count). The van der Waals surface area contributed by atoms with Crippen molar-refractivity contribution in [2.75, 3.05) is 4.72 Å². The molecular weight excluding hydrogens is 324 g/mol. The van der Waals surface area contributed by atoms with Crippen LogP contribution < -0.4 is 4.72 Å². The van der Waals surface area contributed by atoms with E-state index in [0.717, 1.165) is 29.5 Å². The third-order valence-electron chi connectivity index (χ3n) is 2.49. The predicted molar refractivity (Wildman–Crippen MR) is 73.2 cm³/mol. The average Bonchev–Trinajstić information content (AvgIpc) is 2.70. The first-order valence-corrected chi connectivity index (χ1v) is 7.81. The highest BCUT2D eigenvalue weighted by atomic mass is 32.2. The molecule has 2 aromatic rings. The second kappa shape index (κ2) is 5.41. The fourth-order valence-corrected chi connectivity index (χ4v) is 4.13. The smallest absolute Gasteiger partial charge is 0.345 e. The number of benzene rings is 1. The van der Waals surface area contributed by atoms with Crippen molar-refractivity contribution < 1.29 is 27.1 Å². The van der Waals surface area contributed by atoms with Gasteiger partial charge < -0.3 is 5.11 Å². The van der Waals surface area contributed by atoms with Crippen LogP contribution >= 0.6 is 11.3 Å². The van der Waals surface area contributed by atoms with Gasteiger partial charge in [0.25, 0.3) is 10.0 Å². The van der Waals surface area contributed by atoms with Crippen LogP contribution in [0, 0.1) is 18.6 Å². The number of thiophene rings is 1. The number of rotatable bonds is 4. The minimum atomic E-state index is -4.13. The molecule has 2 N–H and O–H groups in total. The van der Waals surface area contributed by atoms with Gasteiger partial charge in [-0.25, -0.2) is 22.0 Å². The lowest BCUT2D eigenvalue weighted by Gasteiger charge is -2.07. The minimum Gasteiger partial charge on any atom is -0.477 e. The molecule has 0 aliphatic carbocycles. The van der Waals surface area contributed by atoms with E-state index in [4.69, 9.17) is 5.11 Å². The average molecular weight is 333 g/mol. The third-order valence-corrected chi connectivity index (χ3v) is 5.16. The number of aryl methyl sites for hydroxylation is 1. The topological polar surface area (TPSA) is 83.5 Å². The van der Waals surface area contributed by atoms with Crippen molar-refractivity contribution in [1.29, 1.82) is 0 Å². The van der Waals surface area contributed by atoms with Crippen molar-refractivity contribution in [2.24, 2.45) is 0 Å². The molecule has 1 aromatic heterocycles. The Morgan fingerprint density at radius 1 is 1.19 bits per heavy atom. The van der Waals surface area contributed by atoms with Crippen LogP contribution in [0.2, 0.25) is 0 Å². The molecule has 0 aliphatic rings. The van der Waals surface area contributed by atoms with Crippen LogP contribution in [0.5, 0.6) is 0 Å². The second-order valence-corrected chi connectivity index (χ2v) is 7.01. The van der Waals surface area contributed by atoms with E-state index in [-0.39, 0.29) is 20.3 Å².